The maximum Gasteiger partial charge on any atom is 0.243 e. The van der Waals surface area contributed by atoms with Crippen molar-refractivity contribution in [3.8, 4) is 5.75 Å². The van der Waals surface area contributed by atoms with Gasteiger partial charge < -0.3 is 20.7 Å². The average molecular weight is 362 g/mol. The molecule has 2 amide bonds. The third-order valence-electron chi connectivity index (χ3n) is 3.43. The van der Waals surface area contributed by atoms with Gasteiger partial charge in [0.15, 0.2) is 0 Å². The molecular formula is C18H20ClN3O3. The van der Waals surface area contributed by atoms with Gasteiger partial charge in [-0.3, -0.25) is 9.59 Å². The van der Waals surface area contributed by atoms with Gasteiger partial charge in [-0.25, -0.2) is 0 Å². The maximum absolute atomic E-state index is 12.2. The van der Waals surface area contributed by atoms with E-state index in [1.54, 1.807) is 30.3 Å². The molecule has 0 radical (unpaired) electrons. The van der Waals surface area contributed by atoms with Crippen LogP contribution in [-0.2, 0) is 9.59 Å². The molecular weight excluding hydrogens is 342 g/mol. The zero-order valence-electron chi connectivity index (χ0n) is 14.3. The van der Waals surface area contributed by atoms with Crippen molar-refractivity contribution < 1.29 is 14.3 Å². The molecule has 3 N–H and O–H groups in total. The Kier molecular flexibility index (Phi) is 6.25. The van der Waals surface area contributed by atoms with Crippen LogP contribution in [0.5, 0.6) is 5.75 Å². The SMILES string of the molecule is COc1ccc(NC(C)=O)cc1NC(=O)CNc1cc(Cl)ccc1C. The first kappa shape index (κ1) is 18.6. The summed E-state index contributed by atoms with van der Waals surface area (Å²) in [5, 5.41) is 9.08. The van der Waals surface area contributed by atoms with Crippen LogP contribution in [0.25, 0.3) is 0 Å². The minimum Gasteiger partial charge on any atom is -0.495 e. The van der Waals surface area contributed by atoms with E-state index in [0.717, 1.165) is 11.3 Å². The van der Waals surface area contributed by atoms with Crippen LogP contribution in [0.15, 0.2) is 36.4 Å². The van der Waals surface area contributed by atoms with Gasteiger partial charge in [0, 0.05) is 23.3 Å². The molecule has 0 bridgehead atoms. The highest BCUT2D eigenvalue weighted by molar-refractivity contribution is 6.30. The lowest BCUT2D eigenvalue weighted by atomic mass is 10.2. The number of hydrogen-bond acceptors (Lipinski definition) is 4. The second-order valence-corrected chi connectivity index (χ2v) is 5.89. The first-order valence-corrected chi connectivity index (χ1v) is 8.02. The predicted octanol–water partition coefficient (Wildman–Crippen LogP) is 3.67. The van der Waals surface area contributed by atoms with Crippen molar-refractivity contribution in [2.75, 3.05) is 29.6 Å². The molecule has 0 unspecified atom stereocenters. The van der Waals surface area contributed by atoms with Gasteiger partial charge in [0.1, 0.15) is 5.75 Å². The molecule has 0 atom stereocenters. The lowest BCUT2D eigenvalue weighted by molar-refractivity contribution is -0.115. The van der Waals surface area contributed by atoms with Gasteiger partial charge >= 0.3 is 0 Å². The zero-order chi connectivity index (χ0) is 18.4. The molecule has 0 saturated carbocycles. The van der Waals surface area contributed by atoms with Gasteiger partial charge in [0.2, 0.25) is 11.8 Å². The number of carbonyl (C=O) groups excluding carboxylic acids is 2. The summed E-state index contributed by atoms with van der Waals surface area (Å²) in [6, 6.07) is 10.5. The topological polar surface area (TPSA) is 79.5 Å². The van der Waals surface area contributed by atoms with Gasteiger partial charge in [-0.05, 0) is 42.8 Å². The molecule has 2 rings (SSSR count). The van der Waals surface area contributed by atoms with Crippen LogP contribution in [0.1, 0.15) is 12.5 Å². The molecule has 132 valence electrons. The molecule has 2 aromatic carbocycles. The van der Waals surface area contributed by atoms with Crippen LogP contribution in [-0.4, -0.2) is 25.5 Å². The Morgan fingerprint density at radius 2 is 1.84 bits per heavy atom. The summed E-state index contributed by atoms with van der Waals surface area (Å²) in [6.07, 6.45) is 0. The monoisotopic (exact) mass is 361 g/mol. The molecule has 0 aliphatic rings. The van der Waals surface area contributed by atoms with Crippen LogP contribution in [0.4, 0.5) is 17.1 Å². The number of rotatable bonds is 6. The van der Waals surface area contributed by atoms with E-state index in [1.807, 2.05) is 13.0 Å². The minimum atomic E-state index is -0.252. The number of halogens is 1. The lowest BCUT2D eigenvalue weighted by Gasteiger charge is -2.14. The fourth-order valence-corrected chi connectivity index (χ4v) is 2.41. The molecule has 7 heteroatoms. The summed E-state index contributed by atoms with van der Waals surface area (Å²) in [5.41, 5.74) is 2.83. The molecule has 0 aromatic heterocycles. The van der Waals surface area contributed by atoms with Crippen molar-refractivity contribution in [1.82, 2.24) is 0 Å². The molecule has 0 heterocycles. The van der Waals surface area contributed by atoms with Gasteiger partial charge in [-0.2, -0.15) is 0 Å². The van der Waals surface area contributed by atoms with Crippen molar-refractivity contribution in [2.24, 2.45) is 0 Å². The van der Waals surface area contributed by atoms with E-state index in [2.05, 4.69) is 16.0 Å². The van der Waals surface area contributed by atoms with Gasteiger partial charge in [-0.15, -0.1) is 0 Å². The molecule has 0 fully saturated rings. The van der Waals surface area contributed by atoms with Crippen LogP contribution >= 0.6 is 11.6 Å². The van der Waals surface area contributed by atoms with Gasteiger partial charge in [-0.1, -0.05) is 17.7 Å². The molecule has 0 saturated heterocycles. The van der Waals surface area contributed by atoms with Crippen molar-refractivity contribution in [3.63, 3.8) is 0 Å². The van der Waals surface area contributed by atoms with Crippen LogP contribution in [0, 0.1) is 6.92 Å². The smallest absolute Gasteiger partial charge is 0.243 e. The Balaban J connectivity index is 2.06. The van der Waals surface area contributed by atoms with Gasteiger partial charge in [0.05, 0.1) is 19.3 Å². The molecule has 25 heavy (non-hydrogen) atoms. The van der Waals surface area contributed by atoms with Crippen LogP contribution in [0.3, 0.4) is 0 Å². The summed E-state index contributed by atoms with van der Waals surface area (Å²) < 4.78 is 5.24. The largest absolute Gasteiger partial charge is 0.495 e. The highest BCUT2D eigenvalue weighted by Gasteiger charge is 2.10. The Morgan fingerprint density at radius 3 is 2.52 bits per heavy atom. The molecule has 2 aromatic rings. The summed E-state index contributed by atoms with van der Waals surface area (Å²) in [7, 11) is 1.51. The minimum absolute atomic E-state index is 0.0642. The zero-order valence-corrected chi connectivity index (χ0v) is 15.0. The molecule has 0 spiro atoms. The Bertz CT molecular complexity index is 793. The number of methoxy groups -OCH3 is 1. The third kappa shape index (κ3) is 5.39. The van der Waals surface area contributed by atoms with Crippen molar-refractivity contribution >= 4 is 40.5 Å². The third-order valence-corrected chi connectivity index (χ3v) is 3.67. The first-order chi connectivity index (χ1) is 11.9. The Hall–Kier alpha value is -2.73. The number of nitrogens with one attached hydrogen (secondary N) is 3. The fourth-order valence-electron chi connectivity index (χ4n) is 2.24. The van der Waals surface area contributed by atoms with Crippen molar-refractivity contribution in [1.29, 1.82) is 0 Å². The number of ether oxygens (including phenoxy) is 1. The highest BCUT2D eigenvalue weighted by Crippen LogP contribution is 2.28. The van der Waals surface area contributed by atoms with Crippen molar-refractivity contribution in [3.05, 3.63) is 47.0 Å². The fraction of sp³-hybridized carbons (Fsp3) is 0.222. The number of amides is 2. The second kappa shape index (κ2) is 8.39. The Morgan fingerprint density at radius 1 is 1.08 bits per heavy atom. The summed E-state index contributed by atoms with van der Waals surface area (Å²) >= 11 is 5.97. The van der Waals surface area contributed by atoms with E-state index in [9.17, 15) is 9.59 Å². The predicted molar refractivity (Wildman–Crippen MR) is 101 cm³/mol. The quantitative estimate of drug-likeness (QED) is 0.733. The number of carbonyl (C=O) groups is 2. The van der Waals surface area contributed by atoms with E-state index in [0.29, 0.717) is 22.1 Å². The van der Waals surface area contributed by atoms with E-state index in [4.69, 9.17) is 16.3 Å². The summed E-state index contributed by atoms with van der Waals surface area (Å²) in [6.45, 7) is 3.41. The normalized spacial score (nSPS) is 10.1. The standard InChI is InChI=1S/C18H20ClN3O3/c1-11-4-5-13(19)8-15(11)20-10-18(24)22-16-9-14(21-12(2)23)6-7-17(16)25-3/h4-9,20H,10H2,1-3H3,(H,21,23)(H,22,24). The van der Waals surface area contributed by atoms with Crippen LogP contribution < -0.4 is 20.7 Å². The molecule has 0 aliphatic heterocycles. The molecule has 0 aliphatic carbocycles. The second-order valence-electron chi connectivity index (χ2n) is 5.46. The van der Waals surface area contributed by atoms with Crippen molar-refractivity contribution in [2.45, 2.75) is 13.8 Å². The highest BCUT2D eigenvalue weighted by atomic mass is 35.5. The van der Waals surface area contributed by atoms with E-state index < -0.39 is 0 Å². The molecule has 6 nitrogen and oxygen atoms in total. The van der Waals surface area contributed by atoms with E-state index >= 15 is 0 Å². The number of hydrogen-bond donors (Lipinski definition) is 3. The van der Waals surface area contributed by atoms with E-state index in [-0.39, 0.29) is 18.4 Å². The van der Waals surface area contributed by atoms with Gasteiger partial charge in [0.25, 0.3) is 0 Å². The van der Waals surface area contributed by atoms with Crippen LogP contribution in [0.2, 0.25) is 5.02 Å². The summed E-state index contributed by atoms with van der Waals surface area (Å²) in [5.74, 6) is 0.0552. The average Bonchev–Trinajstić information content (AvgIpc) is 2.55. The van der Waals surface area contributed by atoms with E-state index in [1.165, 1.54) is 14.0 Å². The lowest BCUT2D eigenvalue weighted by Crippen LogP contribution is -2.22. The number of aryl methyl sites for hydroxylation is 1. The number of anilines is 3. The first-order valence-electron chi connectivity index (χ1n) is 7.64. The Labute approximate surface area is 151 Å². The maximum atomic E-state index is 12.2. The number of benzene rings is 2. The summed E-state index contributed by atoms with van der Waals surface area (Å²) in [4.78, 5) is 23.4.